The number of carboxylic acids is 4. The number of aliphatic hydroxyl groups is 1. The highest BCUT2D eigenvalue weighted by Gasteiger charge is 2.16. The Bertz CT molecular complexity index is 968. The second-order valence-corrected chi connectivity index (χ2v) is 7.69. The van der Waals surface area contributed by atoms with Gasteiger partial charge in [0.1, 0.15) is 0 Å². The van der Waals surface area contributed by atoms with E-state index in [1.165, 1.54) is 12.1 Å². The van der Waals surface area contributed by atoms with Crippen LogP contribution in [0.5, 0.6) is 0 Å². The summed E-state index contributed by atoms with van der Waals surface area (Å²) in [5.74, 6) is -6.00. The van der Waals surface area contributed by atoms with Crippen molar-refractivity contribution in [3.63, 3.8) is 0 Å². The van der Waals surface area contributed by atoms with Gasteiger partial charge in [0.15, 0.2) is 0 Å². The highest BCUT2D eigenvalue weighted by atomic mass is 32.2. The van der Waals surface area contributed by atoms with E-state index >= 15 is 0 Å². The Morgan fingerprint density at radius 3 is 1.36 bits per heavy atom. The monoisotopic (exact) mass is 607 g/mol. The summed E-state index contributed by atoms with van der Waals surface area (Å²) in [5, 5.41) is 69.1. The Morgan fingerprint density at radius 1 is 0.718 bits per heavy atom. The Hall–Kier alpha value is -2.73. The lowest BCUT2D eigenvalue weighted by molar-refractivity contribution is -0.432. The summed E-state index contributed by atoms with van der Waals surface area (Å²) in [6.45, 7) is 7.44. The number of hydrogen-bond donors (Lipinski definition) is 5. The number of carbonyl (C=O) groups is 4. The summed E-state index contributed by atoms with van der Waals surface area (Å²) >= 11 is 1.04. The van der Waals surface area contributed by atoms with Crippen LogP contribution in [0.3, 0.4) is 0 Å². The molecule has 2 aromatic carbocycles. The average Bonchev–Trinajstić information content (AvgIpc) is 2.86. The fourth-order valence-electron chi connectivity index (χ4n) is 1.97. The van der Waals surface area contributed by atoms with Crippen molar-refractivity contribution in [3.8, 4) is 0 Å². The van der Waals surface area contributed by atoms with Crippen molar-refractivity contribution < 1.29 is 74.0 Å². The van der Waals surface area contributed by atoms with Gasteiger partial charge in [-0.15, -0.1) is 8.67 Å². The molecule has 0 aliphatic rings. The highest BCUT2D eigenvalue weighted by molar-refractivity contribution is 7.94. The first kappa shape index (κ1) is 40.8. The first-order valence-electron chi connectivity index (χ1n) is 10.0. The molecule has 5 N–H and O–H groups in total. The molecular weight excluding hydrogens is 583 g/mol. The van der Waals surface area contributed by atoms with Crippen molar-refractivity contribution in [2.45, 2.75) is 43.6 Å². The molecule has 0 unspecified atom stereocenters. The lowest BCUT2D eigenvalue weighted by atomic mass is 10.1. The Morgan fingerprint density at radius 2 is 1.05 bits per heavy atom. The van der Waals surface area contributed by atoms with Crippen molar-refractivity contribution in [2.24, 2.45) is 0 Å². The summed E-state index contributed by atoms with van der Waals surface area (Å²) in [4.78, 5) is 43.1. The standard InChI is InChI=1S/2C8H6O7S.C3H8O.C2H6.Al/c2*9-7(10)5-2-1-4(16-15-14-13)3-6(5)8(11)12;1-3(2)4;1-2;/h2*1-3,13H,(H,9,10)(H,11,12);3-4H,1-2H3;1-2H3;/p-2. The topological polar surface area (TPSA) is 252 Å². The maximum absolute atomic E-state index is 10.8. The minimum atomic E-state index is -1.66. The number of aromatic carboxylic acids is 4. The third-order valence-corrected chi connectivity index (χ3v) is 4.35. The number of benzene rings is 2. The molecule has 0 saturated heterocycles. The maximum Gasteiger partial charge on any atom is 0.336 e. The van der Waals surface area contributed by atoms with Crippen LogP contribution in [0, 0.1) is 0 Å². The quantitative estimate of drug-likeness (QED) is 0.111. The van der Waals surface area contributed by atoms with Crippen LogP contribution in [-0.2, 0) is 18.7 Å². The zero-order valence-electron chi connectivity index (χ0n) is 20.8. The normalized spacial score (nSPS) is 9.33. The zero-order chi connectivity index (χ0) is 29.8. The summed E-state index contributed by atoms with van der Waals surface area (Å²) < 4.78 is 8.14. The largest absolute Gasteiger partial charge is 0.545 e. The van der Waals surface area contributed by atoms with Gasteiger partial charge in [0.25, 0.3) is 0 Å². The van der Waals surface area contributed by atoms with Gasteiger partial charge in [-0.25, -0.2) is 20.1 Å². The van der Waals surface area contributed by atoms with Gasteiger partial charge >= 0.3 is 11.9 Å². The zero-order valence-corrected chi connectivity index (χ0v) is 23.5. The average molecular weight is 608 g/mol. The first-order valence-corrected chi connectivity index (χ1v) is 11.5. The molecule has 0 spiro atoms. The van der Waals surface area contributed by atoms with Gasteiger partial charge in [0, 0.05) is 44.4 Å². The fraction of sp³-hybridized carbons (Fsp3) is 0.238. The van der Waals surface area contributed by atoms with Gasteiger partial charge in [-0.1, -0.05) is 30.0 Å². The van der Waals surface area contributed by atoms with Crippen LogP contribution in [0.4, 0.5) is 0 Å². The first-order chi connectivity index (χ1) is 17.8. The molecule has 2 rings (SSSR count). The van der Waals surface area contributed by atoms with E-state index in [-0.39, 0.29) is 44.4 Å². The molecule has 0 aromatic heterocycles. The van der Waals surface area contributed by atoms with Gasteiger partial charge in [0.05, 0.1) is 47.2 Å². The predicted octanol–water partition coefficient (Wildman–Crippen LogP) is 1.39. The third-order valence-electron chi connectivity index (χ3n) is 3.20. The molecular formula is C21H24AlO15S2-2. The Labute approximate surface area is 241 Å². The second kappa shape index (κ2) is 23.2. The van der Waals surface area contributed by atoms with E-state index in [1.807, 2.05) is 13.8 Å². The van der Waals surface area contributed by atoms with Crippen LogP contribution >= 0.6 is 24.1 Å². The van der Waals surface area contributed by atoms with Gasteiger partial charge in [-0.3, -0.25) is 0 Å². The van der Waals surface area contributed by atoms with Gasteiger partial charge < -0.3 is 35.1 Å². The van der Waals surface area contributed by atoms with Crippen molar-refractivity contribution in [1.82, 2.24) is 0 Å². The minimum absolute atomic E-state index is 0. The van der Waals surface area contributed by atoms with Crippen molar-refractivity contribution in [1.29, 1.82) is 0 Å². The van der Waals surface area contributed by atoms with Gasteiger partial charge in [0.2, 0.25) is 0 Å². The van der Waals surface area contributed by atoms with E-state index in [2.05, 4.69) is 18.7 Å². The number of rotatable bonds is 10. The summed E-state index contributed by atoms with van der Waals surface area (Å²) in [5.41, 5.74) is -1.76. The fourth-order valence-corrected chi connectivity index (χ4v) is 2.77. The van der Waals surface area contributed by atoms with Crippen LogP contribution in [0.1, 0.15) is 69.1 Å². The van der Waals surface area contributed by atoms with Crippen LogP contribution < -0.4 is 10.2 Å². The Kier molecular flexibility index (Phi) is 24.2. The van der Waals surface area contributed by atoms with Crippen molar-refractivity contribution >= 4 is 65.3 Å². The van der Waals surface area contributed by atoms with Crippen LogP contribution in [0.15, 0.2) is 46.2 Å². The lowest BCUT2D eigenvalue weighted by Gasteiger charge is -2.12. The molecule has 2 aromatic rings. The molecule has 18 heteroatoms. The number of carbonyl (C=O) groups excluding carboxylic acids is 2. The SMILES string of the molecule is CC.CC(C)O.O=C(O)c1ccc(SOOO)cc1C(=O)O.O=C([O-])c1ccc(SOOO)cc1C(=O)[O-].[Al]. The van der Waals surface area contributed by atoms with Gasteiger partial charge in [-0.05, 0) is 44.2 Å². The van der Waals surface area contributed by atoms with Crippen LogP contribution in [0.2, 0.25) is 0 Å². The molecule has 0 saturated carbocycles. The number of carboxylic acid groups (broad SMARTS) is 4. The van der Waals surface area contributed by atoms with E-state index < -0.39 is 35.0 Å². The van der Waals surface area contributed by atoms with E-state index in [9.17, 15) is 29.4 Å². The lowest BCUT2D eigenvalue weighted by Crippen LogP contribution is -2.30. The minimum Gasteiger partial charge on any atom is -0.545 e. The van der Waals surface area contributed by atoms with Crippen LogP contribution in [-0.4, -0.2) is 73.2 Å². The second-order valence-electron chi connectivity index (χ2n) is 6.15. The number of aliphatic hydroxyl groups excluding tert-OH is 1. The maximum atomic E-state index is 10.8. The van der Waals surface area contributed by atoms with Crippen molar-refractivity contribution in [2.75, 3.05) is 0 Å². The van der Waals surface area contributed by atoms with E-state index in [0.29, 0.717) is 24.1 Å². The van der Waals surface area contributed by atoms with Gasteiger partial charge in [-0.2, -0.15) is 0 Å². The highest BCUT2D eigenvalue weighted by Crippen LogP contribution is 2.23. The van der Waals surface area contributed by atoms with E-state index in [1.54, 1.807) is 13.8 Å². The smallest absolute Gasteiger partial charge is 0.336 e. The predicted molar refractivity (Wildman–Crippen MR) is 131 cm³/mol. The molecule has 0 fully saturated rings. The molecule has 215 valence electrons. The molecule has 15 nitrogen and oxygen atoms in total. The molecule has 0 amide bonds. The summed E-state index contributed by atoms with van der Waals surface area (Å²) in [6.07, 6.45) is -0.167. The Balaban J connectivity index is -0.000000541. The summed E-state index contributed by atoms with van der Waals surface area (Å²) in [6, 6.07) is 6.79. The molecule has 0 aliphatic carbocycles. The van der Waals surface area contributed by atoms with Crippen LogP contribution in [0.25, 0.3) is 0 Å². The molecule has 3 radical (unpaired) electrons. The molecule has 0 bridgehead atoms. The summed E-state index contributed by atoms with van der Waals surface area (Å²) in [7, 11) is 0. The molecule has 39 heavy (non-hydrogen) atoms. The van der Waals surface area contributed by atoms with E-state index in [0.717, 1.165) is 24.3 Å². The van der Waals surface area contributed by atoms with Crippen molar-refractivity contribution in [3.05, 3.63) is 58.7 Å². The number of hydrogen-bond acceptors (Lipinski definition) is 15. The molecule has 0 aliphatic heterocycles. The molecule has 0 heterocycles. The molecule has 0 atom stereocenters. The van der Waals surface area contributed by atoms with E-state index in [4.69, 9.17) is 25.8 Å². The third kappa shape index (κ3) is 17.5.